The fourth-order valence-corrected chi connectivity index (χ4v) is 2.97. The highest BCUT2D eigenvalue weighted by atomic mass is 16.5. The molecule has 20 heavy (non-hydrogen) atoms. The lowest BCUT2D eigenvalue weighted by Gasteiger charge is -2.29. The van der Waals surface area contributed by atoms with Gasteiger partial charge in [-0.25, -0.2) is 0 Å². The summed E-state index contributed by atoms with van der Waals surface area (Å²) in [5.41, 5.74) is -0.313. The molecule has 0 aromatic heterocycles. The second-order valence-electron chi connectivity index (χ2n) is 6.07. The number of rotatable bonds is 10. The van der Waals surface area contributed by atoms with Gasteiger partial charge in [0, 0.05) is 13.2 Å². The van der Waals surface area contributed by atoms with Crippen LogP contribution in [0.15, 0.2) is 0 Å². The largest absolute Gasteiger partial charge is 0.379 e. The van der Waals surface area contributed by atoms with Crippen LogP contribution in [0.5, 0.6) is 0 Å². The molecule has 2 unspecified atom stereocenters. The third-order valence-corrected chi connectivity index (χ3v) is 3.95. The summed E-state index contributed by atoms with van der Waals surface area (Å²) in [7, 11) is 0. The zero-order chi connectivity index (χ0) is 14.8. The minimum atomic E-state index is -0.313. The van der Waals surface area contributed by atoms with E-state index >= 15 is 0 Å². The molecule has 1 aliphatic carbocycles. The second-order valence-corrected chi connectivity index (χ2v) is 6.07. The molecule has 0 spiro atoms. The van der Waals surface area contributed by atoms with Gasteiger partial charge in [0.15, 0.2) is 0 Å². The Labute approximate surface area is 123 Å². The number of nitrogens with one attached hydrogen (secondary N) is 1. The van der Waals surface area contributed by atoms with Crippen LogP contribution in [0.1, 0.15) is 46.5 Å². The normalized spacial score (nSPS) is 26.1. The molecule has 0 saturated heterocycles. The maximum absolute atomic E-state index is 9.47. The van der Waals surface area contributed by atoms with Crippen LogP contribution in [0.2, 0.25) is 0 Å². The minimum Gasteiger partial charge on any atom is -0.379 e. The van der Waals surface area contributed by atoms with Crippen molar-refractivity contribution >= 4 is 0 Å². The highest BCUT2D eigenvalue weighted by Crippen LogP contribution is 2.37. The zero-order valence-electron chi connectivity index (χ0n) is 13.3. The van der Waals surface area contributed by atoms with E-state index in [9.17, 15) is 5.26 Å². The second kappa shape index (κ2) is 9.33. The third kappa shape index (κ3) is 5.40. The molecule has 116 valence electrons. The topological polar surface area (TPSA) is 54.3 Å². The van der Waals surface area contributed by atoms with Crippen LogP contribution < -0.4 is 5.32 Å². The van der Waals surface area contributed by atoms with Gasteiger partial charge in [-0.05, 0) is 37.6 Å². The van der Waals surface area contributed by atoms with E-state index in [1.165, 1.54) is 0 Å². The Balaban J connectivity index is 2.16. The molecular formula is C16H30N2O2. The summed E-state index contributed by atoms with van der Waals surface area (Å²) in [4.78, 5) is 0. The van der Waals surface area contributed by atoms with Crippen molar-refractivity contribution in [3.05, 3.63) is 0 Å². The summed E-state index contributed by atoms with van der Waals surface area (Å²) in [5.74, 6) is 0.994. The monoisotopic (exact) mass is 282 g/mol. The van der Waals surface area contributed by atoms with Gasteiger partial charge in [0.05, 0.1) is 19.3 Å². The molecule has 0 heterocycles. The fraction of sp³-hybridized carbons (Fsp3) is 0.938. The average molecular weight is 282 g/mol. The van der Waals surface area contributed by atoms with Crippen molar-refractivity contribution < 1.29 is 9.47 Å². The van der Waals surface area contributed by atoms with E-state index in [-0.39, 0.29) is 5.54 Å². The van der Waals surface area contributed by atoms with Crippen LogP contribution in [-0.4, -0.2) is 38.5 Å². The van der Waals surface area contributed by atoms with Gasteiger partial charge in [-0.1, -0.05) is 27.2 Å². The molecule has 0 aromatic rings. The lowest BCUT2D eigenvalue weighted by atomic mass is 9.86. The lowest BCUT2D eigenvalue weighted by Crippen LogP contribution is -2.47. The number of hydrogen-bond acceptors (Lipinski definition) is 4. The predicted molar refractivity (Wildman–Crippen MR) is 80.5 cm³/mol. The number of ether oxygens (including phenoxy) is 2. The van der Waals surface area contributed by atoms with Gasteiger partial charge >= 0.3 is 0 Å². The van der Waals surface area contributed by atoms with Gasteiger partial charge in [-0.2, -0.15) is 5.26 Å². The van der Waals surface area contributed by atoms with Gasteiger partial charge in [0.25, 0.3) is 0 Å². The maximum Gasteiger partial charge on any atom is 0.109 e. The van der Waals surface area contributed by atoms with Crippen LogP contribution in [0.3, 0.4) is 0 Å². The SMILES string of the molecule is CCNC1(C#N)CCCC1CCOCCOCC(C)C. The van der Waals surface area contributed by atoms with E-state index in [1.54, 1.807) is 0 Å². The Kier molecular flexibility index (Phi) is 8.13. The van der Waals surface area contributed by atoms with Gasteiger partial charge in [-0.15, -0.1) is 0 Å². The Hall–Kier alpha value is -0.630. The summed E-state index contributed by atoms with van der Waals surface area (Å²) in [5, 5.41) is 12.9. The first-order valence-corrected chi connectivity index (χ1v) is 7.96. The maximum atomic E-state index is 9.47. The van der Waals surface area contributed by atoms with Gasteiger partial charge in [0.1, 0.15) is 5.54 Å². The van der Waals surface area contributed by atoms with Crippen molar-refractivity contribution in [1.82, 2.24) is 5.32 Å². The predicted octanol–water partition coefficient (Wildman–Crippen LogP) is 2.74. The molecule has 2 atom stereocenters. The quantitative estimate of drug-likeness (QED) is 0.626. The van der Waals surface area contributed by atoms with E-state index in [0.29, 0.717) is 25.0 Å². The Morgan fingerprint density at radius 3 is 2.70 bits per heavy atom. The first kappa shape index (κ1) is 17.4. The molecule has 1 saturated carbocycles. The molecule has 0 bridgehead atoms. The number of nitrogens with zero attached hydrogens (tertiary/aromatic N) is 1. The highest BCUT2D eigenvalue weighted by molar-refractivity contribution is 5.13. The number of hydrogen-bond donors (Lipinski definition) is 1. The average Bonchev–Trinajstić information content (AvgIpc) is 2.81. The van der Waals surface area contributed by atoms with Crippen LogP contribution in [0, 0.1) is 23.2 Å². The van der Waals surface area contributed by atoms with Gasteiger partial charge in [0.2, 0.25) is 0 Å². The molecule has 1 rings (SSSR count). The number of nitriles is 1. The fourth-order valence-electron chi connectivity index (χ4n) is 2.97. The highest BCUT2D eigenvalue weighted by Gasteiger charge is 2.42. The molecule has 4 heteroatoms. The summed E-state index contributed by atoms with van der Waals surface area (Å²) < 4.78 is 11.1. The van der Waals surface area contributed by atoms with Crippen LogP contribution in [0.4, 0.5) is 0 Å². The molecule has 0 aliphatic heterocycles. The van der Waals surface area contributed by atoms with Crippen molar-refractivity contribution in [1.29, 1.82) is 5.26 Å². The first-order valence-electron chi connectivity index (χ1n) is 7.96. The molecule has 4 nitrogen and oxygen atoms in total. The van der Waals surface area contributed by atoms with E-state index in [0.717, 1.165) is 45.4 Å². The molecule has 0 amide bonds. The van der Waals surface area contributed by atoms with Crippen molar-refractivity contribution in [2.75, 3.05) is 33.0 Å². The van der Waals surface area contributed by atoms with Gasteiger partial charge in [-0.3, -0.25) is 5.32 Å². The zero-order valence-corrected chi connectivity index (χ0v) is 13.3. The third-order valence-electron chi connectivity index (χ3n) is 3.95. The van der Waals surface area contributed by atoms with Gasteiger partial charge < -0.3 is 9.47 Å². The van der Waals surface area contributed by atoms with Crippen molar-refractivity contribution in [3.63, 3.8) is 0 Å². The van der Waals surface area contributed by atoms with Crippen LogP contribution >= 0.6 is 0 Å². The molecular weight excluding hydrogens is 252 g/mol. The molecule has 1 N–H and O–H groups in total. The summed E-state index contributed by atoms with van der Waals surface area (Å²) in [6.07, 6.45) is 4.21. The van der Waals surface area contributed by atoms with Crippen molar-refractivity contribution in [3.8, 4) is 6.07 Å². The smallest absolute Gasteiger partial charge is 0.109 e. The van der Waals surface area contributed by atoms with E-state index in [2.05, 4.69) is 32.2 Å². The molecule has 1 fully saturated rings. The molecule has 1 aliphatic rings. The first-order chi connectivity index (χ1) is 9.64. The van der Waals surface area contributed by atoms with Crippen molar-refractivity contribution in [2.24, 2.45) is 11.8 Å². The standard InChI is InChI=1S/C16H30N2O2/c1-4-18-16(13-17)8-5-6-15(16)7-9-19-10-11-20-12-14(2)3/h14-15,18H,4-12H2,1-3H3. The summed E-state index contributed by atoms with van der Waals surface area (Å²) in [6.45, 7) is 10.0. The summed E-state index contributed by atoms with van der Waals surface area (Å²) in [6, 6.07) is 2.51. The Morgan fingerprint density at radius 2 is 2.05 bits per heavy atom. The Morgan fingerprint density at radius 1 is 1.30 bits per heavy atom. The molecule has 0 aromatic carbocycles. The van der Waals surface area contributed by atoms with Crippen molar-refractivity contribution in [2.45, 2.75) is 52.0 Å². The lowest BCUT2D eigenvalue weighted by molar-refractivity contribution is 0.0318. The van der Waals surface area contributed by atoms with E-state index in [4.69, 9.17) is 9.47 Å². The summed E-state index contributed by atoms with van der Waals surface area (Å²) >= 11 is 0. The minimum absolute atomic E-state index is 0.313. The Bertz CT molecular complexity index is 301. The van der Waals surface area contributed by atoms with E-state index < -0.39 is 0 Å². The molecule has 0 radical (unpaired) electrons. The van der Waals surface area contributed by atoms with E-state index in [1.807, 2.05) is 0 Å². The van der Waals surface area contributed by atoms with Crippen LogP contribution in [-0.2, 0) is 9.47 Å². The van der Waals surface area contributed by atoms with Crippen LogP contribution in [0.25, 0.3) is 0 Å².